The van der Waals surface area contributed by atoms with Crippen LogP contribution in [0, 0.1) is 17.5 Å². The van der Waals surface area contributed by atoms with Crippen LogP contribution in [0.15, 0.2) is 30.3 Å². The Bertz CT molecular complexity index is 705. The second-order valence-corrected chi connectivity index (χ2v) is 4.16. The summed E-state index contributed by atoms with van der Waals surface area (Å²) in [6.07, 6.45) is 0. The molecule has 0 saturated carbocycles. The van der Waals surface area contributed by atoms with Gasteiger partial charge in [-0.15, -0.1) is 0 Å². The zero-order chi connectivity index (χ0) is 15.6. The first-order valence-electron chi connectivity index (χ1n) is 5.81. The van der Waals surface area contributed by atoms with Crippen molar-refractivity contribution in [1.29, 1.82) is 0 Å². The molecular formula is C14H11F3N2O2. The Morgan fingerprint density at radius 1 is 1.19 bits per heavy atom. The van der Waals surface area contributed by atoms with Gasteiger partial charge in [0.2, 0.25) is 0 Å². The molecule has 3 N–H and O–H groups in total. The third-order valence-electron chi connectivity index (χ3n) is 2.72. The molecule has 0 saturated heterocycles. The molecule has 0 radical (unpaired) electrons. The second kappa shape index (κ2) is 5.74. The van der Waals surface area contributed by atoms with Gasteiger partial charge in [-0.1, -0.05) is 0 Å². The smallest absolute Gasteiger partial charge is 0.258 e. The number of ether oxygens (including phenoxy) is 1. The normalized spacial score (nSPS) is 10.3. The third-order valence-corrected chi connectivity index (χ3v) is 2.72. The Kier molecular flexibility index (Phi) is 4.02. The number of nitrogen functional groups attached to an aromatic ring is 1. The Hall–Kier alpha value is -2.70. The number of hydrogen-bond donors (Lipinski definition) is 2. The van der Waals surface area contributed by atoms with E-state index < -0.39 is 34.6 Å². The molecular weight excluding hydrogens is 285 g/mol. The molecule has 4 nitrogen and oxygen atoms in total. The van der Waals surface area contributed by atoms with E-state index in [1.807, 2.05) is 0 Å². The Morgan fingerprint density at radius 2 is 1.90 bits per heavy atom. The molecule has 0 bridgehead atoms. The molecule has 0 unspecified atom stereocenters. The monoisotopic (exact) mass is 296 g/mol. The van der Waals surface area contributed by atoms with E-state index >= 15 is 0 Å². The molecule has 2 rings (SSSR count). The summed E-state index contributed by atoms with van der Waals surface area (Å²) in [5, 5.41) is 2.31. The minimum Gasteiger partial charge on any atom is -0.494 e. The number of nitrogens with two attached hydrogens (primary N) is 1. The molecule has 0 fully saturated rings. The lowest BCUT2D eigenvalue weighted by Crippen LogP contribution is -2.15. The van der Waals surface area contributed by atoms with Gasteiger partial charge in [0.1, 0.15) is 5.82 Å². The Labute approximate surface area is 118 Å². The number of hydrogen-bond acceptors (Lipinski definition) is 3. The maximum absolute atomic E-state index is 13.7. The van der Waals surface area contributed by atoms with Gasteiger partial charge in [0.25, 0.3) is 5.91 Å². The highest BCUT2D eigenvalue weighted by molar-refractivity contribution is 6.05. The first-order valence-corrected chi connectivity index (χ1v) is 5.81. The van der Waals surface area contributed by atoms with Gasteiger partial charge >= 0.3 is 0 Å². The Morgan fingerprint density at radius 3 is 2.57 bits per heavy atom. The van der Waals surface area contributed by atoms with Crippen LogP contribution in [0.4, 0.5) is 24.5 Å². The van der Waals surface area contributed by atoms with Crippen LogP contribution in [0.1, 0.15) is 10.4 Å². The van der Waals surface area contributed by atoms with Crippen molar-refractivity contribution in [3.05, 3.63) is 53.3 Å². The summed E-state index contributed by atoms with van der Waals surface area (Å²) < 4.78 is 44.9. The quantitative estimate of drug-likeness (QED) is 0.856. The van der Waals surface area contributed by atoms with Crippen molar-refractivity contribution in [2.45, 2.75) is 0 Å². The fourth-order valence-electron chi connectivity index (χ4n) is 1.71. The topological polar surface area (TPSA) is 64.3 Å². The maximum atomic E-state index is 13.7. The highest BCUT2D eigenvalue weighted by atomic mass is 19.1. The van der Waals surface area contributed by atoms with Gasteiger partial charge in [-0.25, -0.2) is 13.2 Å². The highest BCUT2D eigenvalue weighted by Gasteiger charge is 2.17. The minimum absolute atomic E-state index is 0.0907. The summed E-state index contributed by atoms with van der Waals surface area (Å²) in [4.78, 5) is 11.9. The molecule has 1 amide bonds. The van der Waals surface area contributed by atoms with Crippen LogP contribution in [0.2, 0.25) is 0 Å². The summed E-state index contributed by atoms with van der Waals surface area (Å²) in [5.74, 6) is -3.48. The van der Waals surface area contributed by atoms with Crippen LogP contribution in [0.25, 0.3) is 0 Å². The van der Waals surface area contributed by atoms with E-state index in [2.05, 4.69) is 5.32 Å². The lowest BCUT2D eigenvalue weighted by Gasteiger charge is -2.09. The lowest BCUT2D eigenvalue weighted by atomic mass is 10.1. The van der Waals surface area contributed by atoms with Crippen molar-refractivity contribution < 1.29 is 22.7 Å². The van der Waals surface area contributed by atoms with Crippen molar-refractivity contribution in [3.63, 3.8) is 0 Å². The zero-order valence-electron chi connectivity index (χ0n) is 10.9. The van der Waals surface area contributed by atoms with Gasteiger partial charge in [-0.2, -0.15) is 0 Å². The number of carbonyl (C=O) groups excluding carboxylic acids is 1. The number of carbonyl (C=O) groups is 1. The Balaban J connectivity index is 2.30. The van der Waals surface area contributed by atoms with Gasteiger partial charge in [0, 0.05) is 11.8 Å². The van der Waals surface area contributed by atoms with E-state index in [-0.39, 0.29) is 11.4 Å². The van der Waals surface area contributed by atoms with Crippen molar-refractivity contribution in [3.8, 4) is 5.75 Å². The fourth-order valence-corrected chi connectivity index (χ4v) is 1.71. The van der Waals surface area contributed by atoms with Crippen LogP contribution in [-0.2, 0) is 0 Å². The molecule has 7 heteroatoms. The van der Waals surface area contributed by atoms with E-state index in [9.17, 15) is 18.0 Å². The van der Waals surface area contributed by atoms with E-state index in [1.165, 1.54) is 19.2 Å². The summed E-state index contributed by atoms with van der Waals surface area (Å²) in [7, 11) is 1.26. The second-order valence-electron chi connectivity index (χ2n) is 4.16. The van der Waals surface area contributed by atoms with Crippen LogP contribution in [0.5, 0.6) is 5.75 Å². The van der Waals surface area contributed by atoms with Crippen molar-refractivity contribution in [2.75, 3.05) is 18.2 Å². The van der Waals surface area contributed by atoms with E-state index in [0.717, 1.165) is 18.2 Å². The minimum atomic E-state index is -1.03. The SMILES string of the molecule is COc1cc(NC(=O)c2cc(F)cc(N)c2F)ccc1F. The zero-order valence-corrected chi connectivity index (χ0v) is 10.9. The maximum Gasteiger partial charge on any atom is 0.258 e. The standard InChI is InChI=1S/C14H11F3N2O2/c1-21-12-6-8(2-3-10(12)16)19-14(20)9-4-7(15)5-11(18)13(9)17/h2-6H,18H2,1H3,(H,19,20). The molecule has 2 aromatic rings. The molecule has 0 aromatic heterocycles. The lowest BCUT2D eigenvalue weighted by molar-refractivity contribution is 0.102. The highest BCUT2D eigenvalue weighted by Crippen LogP contribution is 2.23. The summed E-state index contributed by atoms with van der Waals surface area (Å²) in [6, 6.07) is 5.05. The predicted octanol–water partition coefficient (Wildman–Crippen LogP) is 2.95. The van der Waals surface area contributed by atoms with Crippen molar-refractivity contribution in [1.82, 2.24) is 0 Å². The molecule has 110 valence electrons. The van der Waals surface area contributed by atoms with Crippen LogP contribution in [-0.4, -0.2) is 13.0 Å². The first kappa shape index (κ1) is 14.7. The largest absolute Gasteiger partial charge is 0.494 e. The average molecular weight is 296 g/mol. The van der Waals surface area contributed by atoms with Gasteiger partial charge in [0.05, 0.1) is 18.4 Å². The number of rotatable bonds is 3. The van der Waals surface area contributed by atoms with Gasteiger partial charge in [-0.05, 0) is 24.3 Å². The number of nitrogens with one attached hydrogen (secondary N) is 1. The number of methoxy groups -OCH3 is 1. The van der Waals surface area contributed by atoms with E-state index in [1.54, 1.807) is 0 Å². The van der Waals surface area contributed by atoms with Gasteiger partial charge in [-0.3, -0.25) is 4.79 Å². The van der Waals surface area contributed by atoms with Crippen LogP contribution < -0.4 is 15.8 Å². The van der Waals surface area contributed by atoms with Gasteiger partial charge in [0.15, 0.2) is 17.4 Å². The number of anilines is 2. The number of halogens is 3. The van der Waals surface area contributed by atoms with Crippen molar-refractivity contribution >= 4 is 17.3 Å². The molecule has 2 aromatic carbocycles. The van der Waals surface area contributed by atoms with Crippen LogP contribution >= 0.6 is 0 Å². The molecule has 0 aliphatic rings. The predicted molar refractivity (Wildman–Crippen MR) is 71.7 cm³/mol. The molecule has 0 aliphatic heterocycles. The van der Waals surface area contributed by atoms with E-state index in [0.29, 0.717) is 0 Å². The molecule has 0 heterocycles. The van der Waals surface area contributed by atoms with Crippen LogP contribution in [0.3, 0.4) is 0 Å². The summed E-state index contributed by atoms with van der Waals surface area (Å²) in [5.41, 5.74) is 4.40. The third kappa shape index (κ3) is 3.07. The number of amides is 1. The molecule has 21 heavy (non-hydrogen) atoms. The molecule has 0 spiro atoms. The van der Waals surface area contributed by atoms with E-state index in [4.69, 9.17) is 10.5 Å². The fraction of sp³-hybridized carbons (Fsp3) is 0.0714. The van der Waals surface area contributed by atoms with Crippen molar-refractivity contribution in [2.24, 2.45) is 0 Å². The first-order chi connectivity index (χ1) is 9.92. The molecule has 0 aliphatic carbocycles. The average Bonchev–Trinajstić information content (AvgIpc) is 2.44. The summed E-state index contributed by atoms with van der Waals surface area (Å²) >= 11 is 0. The number of benzene rings is 2. The molecule has 0 atom stereocenters. The summed E-state index contributed by atoms with van der Waals surface area (Å²) in [6.45, 7) is 0. The van der Waals surface area contributed by atoms with Gasteiger partial charge < -0.3 is 15.8 Å².